The van der Waals surface area contributed by atoms with Crippen molar-refractivity contribution in [2.24, 2.45) is 5.92 Å². The zero-order valence-corrected chi connectivity index (χ0v) is 16.9. The fourth-order valence-electron chi connectivity index (χ4n) is 4.44. The molecule has 1 aliphatic carbocycles. The van der Waals surface area contributed by atoms with Crippen LogP contribution in [-0.4, -0.2) is 63.4 Å². The molecule has 1 aliphatic heterocycles. The van der Waals surface area contributed by atoms with Gasteiger partial charge in [0.05, 0.1) is 31.7 Å². The second-order valence-electron chi connectivity index (χ2n) is 8.41. The molecule has 7 nitrogen and oxygen atoms in total. The summed E-state index contributed by atoms with van der Waals surface area (Å²) in [4.78, 5) is 19.1. The van der Waals surface area contributed by atoms with Crippen molar-refractivity contribution in [2.45, 2.75) is 43.9 Å². The predicted octanol–water partition coefficient (Wildman–Crippen LogP) is 1.60. The van der Waals surface area contributed by atoms with E-state index >= 15 is 0 Å². The van der Waals surface area contributed by atoms with Crippen LogP contribution in [0, 0.1) is 5.92 Å². The summed E-state index contributed by atoms with van der Waals surface area (Å²) in [6.45, 7) is 4.17. The fraction of sp³-hybridized carbons (Fsp3) is 0.545. The molecule has 2 aliphatic rings. The van der Waals surface area contributed by atoms with Crippen LogP contribution in [0.2, 0.25) is 0 Å². The lowest BCUT2D eigenvalue weighted by Crippen LogP contribution is -2.67. The van der Waals surface area contributed by atoms with Crippen LogP contribution in [0.1, 0.15) is 31.4 Å². The van der Waals surface area contributed by atoms with Gasteiger partial charge in [-0.2, -0.15) is 0 Å². The van der Waals surface area contributed by atoms with Crippen molar-refractivity contribution >= 4 is 5.91 Å². The van der Waals surface area contributed by atoms with Crippen LogP contribution < -0.4 is 5.32 Å². The van der Waals surface area contributed by atoms with Crippen molar-refractivity contribution in [3.8, 4) is 0 Å². The lowest BCUT2D eigenvalue weighted by atomic mass is 9.79. The van der Waals surface area contributed by atoms with Gasteiger partial charge in [-0.05, 0) is 25.3 Å². The normalized spacial score (nSPS) is 29.9. The second-order valence-corrected chi connectivity index (χ2v) is 8.41. The van der Waals surface area contributed by atoms with Gasteiger partial charge in [0.2, 0.25) is 5.91 Å². The summed E-state index contributed by atoms with van der Waals surface area (Å²) in [6.07, 6.45) is 7.18. The first kappa shape index (κ1) is 20.1. The highest BCUT2D eigenvalue weighted by Crippen LogP contribution is 2.37. The van der Waals surface area contributed by atoms with Crippen molar-refractivity contribution in [1.29, 1.82) is 0 Å². The van der Waals surface area contributed by atoms with Gasteiger partial charge < -0.3 is 19.7 Å². The predicted molar refractivity (Wildman–Crippen MR) is 109 cm³/mol. The Morgan fingerprint density at radius 3 is 2.83 bits per heavy atom. The monoisotopic (exact) mass is 398 g/mol. The van der Waals surface area contributed by atoms with Crippen molar-refractivity contribution in [3.05, 3.63) is 54.6 Å². The Morgan fingerprint density at radius 1 is 1.34 bits per heavy atom. The Morgan fingerprint density at radius 2 is 2.14 bits per heavy atom. The molecule has 2 N–H and O–H groups in total. The maximum Gasteiger partial charge on any atom is 0.223 e. The number of aromatic nitrogens is 2. The summed E-state index contributed by atoms with van der Waals surface area (Å²) >= 11 is 0. The smallest absolute Gasteiger partial charge is 0.223 e. The third-order valence-corrected chi connectivity index (χ3v) is 6.38. The third kappa shape index (κ3) is 4.22. The van der Waals surface area contributed by atoms with Crippen LogP contribution in [0.5, 0.6) is 0 Å². The molecule has 1 saturated carbocycles. The standard InChI is InChI=1S/C22H30N4O3/c1-17-12-29-15-22(14-27,26(17)11-18-5-3-2-4-6-18)13-24-21(28)19-9-20(10-19)25-8-7-23-16-25/h2-8,16-17,19-20,27H,9-15H2,1H3,(H,24,28)/t17-,19?,20?,22+/m1/s1. The van der Waals surface area contributed by atoms with Crippen LogP contribution in [-0.2, 0) is 16.1 Å². The molecule has 1 amide bonds. The molecule has 1 aromatic carbocycles. The van der Waals surface area contributed by atoms with Gasteiger partial charge in [0, 0.05) is 43.5 Å². The number of hydrogen-bond acceptors (Lipinski definition) is 5. The van der Waals surface area contributed by atoms with E-state index in [1.165, 1.54) is 5.56 Å². The molecule has 1 saturated heterocycles. The number of aliphatic hydroxyl groups is 1. The number of morpholine rings is 1. The number of rotatable bonds is 7. The van der Waals surface area contributed by atoms with Crippen LogP contribution in [0.15, 0.2) is 49.1 Å². The van der Waals surface area contributed by atoms with Crippen molar-refractivity contribution in [3.63, 3.8) is 0 Å². The Hall–Kier alpha value is -2.22. The van der Waals surface area contributed by atoms with Gasteiger partial charge in [-0.1, -0.05) is 30.3 Å². The largest absolute Gasteiger partial charge is 0.394 e. The molecule has 2 fully saturated rings. The molecule has 2 heterocycles. The van der Waals surface area contributed by atoms with Crippen LogP contribution in [0.3, 0.4) is 0 Å². The SMILES string of the molecule is C[C@@H]1COC[C@@](CO)(CNC(=O)C2CC(n3ccnc3)C2)N1Cc1ccccc1. The first-order valence-corrected chi connectivity index (χ1v) is 10.4. The number of nitrogens with one attached hydrogen (secondary N) is 1. The first-order valence-electron chi connectivity index (χ1n) is 10.4. The minimum atomic E-state index is -0.614. The van der Waals surface area contributed by atoms with Crippen LogP contribution >= 0.6 is 0 Å². The highest BCUT2D eigenvalue weighted by atomic mass is 16.5. The molecule has 0 unspecified atom stereocenters. The Balaban J connectivity index is 1.38. The molecule has 4 rings (SSSR count). The number of nitrogens with zero attached hydrogens (tertiary/aromatic N) is 3. The number of ether oxygens (including phenoxy) is 1. The summed E-state index contributed by atoms with van der Waals surface area (Å²) < 4.78 is 7.86. The average molecular weight is 399 g/mol. The highest BCUT2D eigenvalue weighted by Gasteiger charge is 2.44. The van der Waals surface area contributed by atoms with E-state index in [2.05, 4.69) is 38.8 Å². The third-order valence-electron chi connectivity index (χ3n) is 6.38. The second kappa shape index (κ2) is 8.65. The van der Waals surface area contributed by atoms with Gasteiger partial charge in [0.1, 0.15) is 0 Å². The lowest BCUT2D eigenvalue weighted by Gasteiger charge is -2.49. The zero-order chi connectivity index (χ0) is 20.3. The Labute approximate surface area is 171 Å². The number of imidazole rings is 1. The fourth-order valence-corrected chi connectivity index (χ4v) is 4.44. The Kier molecular flexibility index (Phi) is 5.99. The Bertz CT molecular complexity index is 792. The van der Waals surface area contributed by atoms with Crippen LogP contribution in [0.25, 0.3) is 0 Å². The number of carbonyl (C=O) groups excluding carboxylic acids is 1. The average Bonchev–Trinajstić information content (AvgIpc) is 3.22. The number of aliphatic hydroxyl groups excluding tert-OH is 1. The van der Waals surface area contributed by atoms with Gasteiger partial charge in [-0.15, -0.1) is 0 Å². The maximum atomic E-state index is 12.7. The maximum absolute atomic E-state index is 12.7. The quantitative estimate of drug-likeness (QED) is 0.741. The molecule has 29 heavy (non-hydrogen) atoms. The summed E-state index contributed by atoms with van der Waals surface area (Å²) in [5, 5.41) is 13.4. The summed E-state index contributed by atoms with van der Waals surface area (Å²) in [6, 6.07) is 10.7. The summed E-state index contributed by atoms with van der Waals surface area (Å²) in [7, 11) is 0. The van der Waals surface area contributed by atoms with Gasteiger partial charge in [-0.3, -0.25) is 9.69 Å². The van der Waals surface area contributed by atoms with E-state index in [0.717, 1.165) is 12.8 Å². The molecule has 7 heteroatoms. The van der Waals surface area contributed by atoms with E-state index < -0.39 is 5.54 Å². The number of amides is 1. The van der Waals surface area contributed by atoms with Gasteiger partial charge in [-0.25, -0.2) is 4.98 Å². The van der Waals surface area contributed by atoms with E-state index in [0.29, 0.717) is 32.3 Å². The minimum Gasteiger partial charge on any atom is -0.394 e. The van der Waals surface area contributed by atoms with E-state index in [-0.39, 0.29) is 24.5 Å². The zero-order valence-electron chi connectivity index (χ0n) is 16.9. The van der Waals surface area contributed by atoms with E-state index in [4.69, 9.17) is 4.74 Å². The van der Waals surface area contributed by atoms with Crippen molar-refractivity contribution in [2.75, 3.05) is 26.4 Å². The molecule has 2 atom stereocenters. The molecule has 156 valence electrons. The molecule has 0 radical (unpaired) electrons. The molecule has 2 aromatic rings. The van der Waals surface area contributed by atoms with Gasteiger partial charge >= 0.3 is 0 Å². The number of benzene rings is 1. The molecule has 0 spiro atoms. The molecule has 0 bridgehead atoms. The summed E-state index contributed by atoms with van der Waals surface area (Å²) in [5.74, 6) is 0.0785. The summed E-state index contributed by atoms with van der Waals surface area (Å²) in [5.41, 5.74) is 0.573. The van der Waals surface area contributed by atoms with Crippen LogP contribution in [0.4, 0.5) is 0 Å². The molecular weight excluding hydrogens is 368 g/mol. The molecular formula is C22H30N4O3. The van der Waals surface area contributed by atoms with E-state index in [9.17, 15) is 9.90 Å². The van der Waals surface area contributed by atoms with E-state index in [1.54, 1.807) is 6.20 Å². The van der Waals surface area contributed by atoms with Gasteiger partial charge in [0.25, 0.3) is 0 Å². The highest BCUT2D eigenvalue weighted by molar-refractivity contribution is 5.79. The number of carbonyl (C=O) groups is 1. The molecule has 1 aromatic heterocycles. The van der Waals surface area contributed by atoms with Gasteiger partial charge in [0.15, 0.2) is 0 Å². The van der Waals surface area contributed by atoms with Crippen molar-refractivity contribution in [1.82, 2.24) is 19.8 Å². The minimum absolute atomic E-state index is 0.0163. The first-order chi connectivity index (χ1) is 14.1. The topological polar surface area (TPSA) is 79.6 Å². The van der Waals surface area contributed by atoms with Crippen molar-refractivity contribution < 1.29 is 14.6 Å². The van der Waals surface area contributed by atoms with E-state index in [1.807, 2.05) is 30.7 Å². The lowest BCUT2D eigenvalue weighted by molar-refractivity contribution is -0.137. The number of hydrogen-bond donors (Lipinski definition) is 2.